The van der Waals surface area contributed by atoms with Gasteiger partial charge in [-0.1, -0.05) is 30.3 Å². The van der Waals surface area contributed by atoms with Crippen molar-refractivity contribution in [2.45, 2.75) is 45.1 Å². The largest absolute Gasteiger partial charge is 0.493 e. The summed E-state index contributed by atoms with van der Waals surface area (Å²) in [6, 6.07) is 17.3. The molecule has 1 atom stereocenters. The van der Waals surface area contributed by atoms with Crippen LogP contribution in [0.2, 0.25) is 0 Å². The zero-order valence-electron chi connectivity index (χ0n) is 21.5. The van der Waals surface area contributed by atoms with E-state index in [2.05, 4.69) is 5.10 Å². The minimum Gasteiger partial charge on any atom is -0.493 e. The van der Waals surface area contributed by atoms with Crippen molar-refractivity contribution in [2.24, 2.45) is 5.41 Å². The van der Waals surface area contributed by atoms with Crippen molar-refractivity contribution in [1.29, 1.82) is 0 Å². The number of hydrogen-bond donors (Lipinski definition) is 2. The van der Waals surface area contributed by atoms with E-state index in [1.54, 1.807) is 37.6 Å². The number of benzene rings is 2. The van der Waals surface area contributed by atoms with E-state index < -0.39 is 17.4 Å². The van der Waals surface area contributed by atoms with Gasteiger partial charge in [0.2, 0.25) is 0 Å². The SMILES string of the molecule is COc1ccc(C2=CC(C)(C(=O)O)CC(C(=O)O)=C2)cc1OC1CCCC1.c1ccc(-n2cccn2)cc1. The number of allylic oxidation sites excluding steroid dienone is 2. The number of hydrogen-bond acceptors (Lipinski definition) is 5. The van der Waals surface area contributed by atoms with Crippen LogP contribution in [0.5, 0.6) is 11.5 Å². The van der Waals surface area contributed by atoms with Gasteiger partial charge in [0.05, 0.1) is 24.3 Å². The zero-order valence-corrected chi connectivity index (χ0v) is 21.5. The summed E-state index contributed by atoms with van der Waals surface area (Å²) in [5.74, 6) is -0.965. The first-order chi connectivity index (χ1) is 18.3. The van der Waals surface area contributed by atoms with Crippen molar-refractivity contribution in [3.63, 3.8) is 0 Å². The third-order valence-corrected chi connectivity index (χ3v) is 6.74. The second-order valence-electron chi connectivity index (χ2n) is 9.65. The van der Waals surface area contributed by atoms with Gasteiger partial charge in [0.25, 0.3) is 0 Å². The molecule has 0 saturated heterocycles. The Balaban J connectivity index is 0.000000253. The molecule has 2 aliphatic carbocycles. The lowest BCUT2D eigenvalue weighted by Gasteiger charge is -2.27. The van der Waals surface area contributed by atoms with Crippen LogP contribution in [0.4, 0.5) is 0 Å². The molecule has 1 saturated carbocycles. The smallest absolute Gasteiger partial charge is 0.331 e. The average Bonchev–Trinajstić information content (AvgIpc) is 3.64. The van der Waals surface area contributed by atoms with E-state index >= 15 is 0 Å². The normalized spacial score (nSPS) is 19.0. The Labute approximate surface area is 221 Å². The number of aromatic nitrogens is 2. The summed E-state index contributed by atoms with van der Waals surface area (Å²) < 4.78 is 13.3. The highest BCUT2D eigenvalue weighted by Gasteiger charge is 2.37. The fourth-order valence-electron chi connectivity index (χ4n) is 4.65. The first-order valence-electron chi connectivity index (χ1n) is 12.6. The second-order valence-corrected chi connectivity index (χ2v) is 9.65. The summed E-state index contributed by atoms with van der Waals surface area (Å²) in [4.78, 5) is 23.2. The fourth-order valence-corrected chi connectivity index (χ4v) is 4.65. The number of rotatable bonds is 7. The van der Waals surface area contributed by atoms with E-state index in [1.807, 2.05) is 47.3 Å². The first-order valence-corrected chi connectivity index (χ1v) is 12.6. The van der Waals surface area contributed by atoms with E-state index in [-0.39, 0.29) is 18.1 Å². The maximum Gasteiger partial charge on any atom is 0.331 e. The van der Waals surface area contributed by atoms with Gasteiger partial charge in [0.15, 0.2) is 11.5 Å². The maximum atomic E-state index is 11.7. The average molecular weight is 517 g/mol. The molecular weight excluding hydrogens is 484 g/mol. The molecule has 1 heterocycles. The molecule has 198 valence electrons. The highest BCUT2D eigenvalue weighted by molar-refractivity contribution is 5.96. The van der Waals surface area contributed by atoms with E-state index in [1.165, 1.54) is 13.0 Å². The number of nitrogens with zero attached hydrogens (tertiary/aromatic N) is 2. The molecule has 1 aromatic heterocycles. The van der Waals surface area contributed by atoms with Crippen LogP contribution < -0.4 is 9.47 Å². The highest BCUT2D eigenvalue weighted by Crippen LogP contribution is 2.40. The number of ether oxygens (including phenoxy) is 2. The van der Waals surface area contributed by atoms with Gasteiger partial charge in [-0.15, -0.1) is 0 Å². The molecule has 0 aliphatic heterocycles. The molecule has 38 heavy (non-hydrogen) atoms. The number of aliphatic carboxylic acids is 2. The van der Waals surface area contributed by atoms with Crippen molar-refractivity contribution >= 4 is 17.5 Å². The van der Waals surface area contributed by atoms with Crippen LogP contribution in [0.15, 0.2) is 84.7 Å². The molecule has 0 spiro atoms. The lowest BCUT2D eigenvalue weighted by Crippen LogP contribution is -2.29. The fraction of sp³-hybridized carbons (Fsp3) is 0.300. The third-order valence-electron chi connectivity index (χ3n) is 6.74. The standard InChI is InChI=1S/C21H24O6.C9H8N2/c1-21(20(24)25)11-14(9-15(12-21)19(22)23)13-7-8-17(26-2)18(10-13)27-16-5-3-4-6-16;1-2-5-9(6-3-1)11-8-4-7-10-11/h7-11,16H,3-6,12H2,1-2H3,(H,22,23)(H,24,25);1-8H. The van der Waals surface area contributed by atoms with Crippen LogP contribution >= 0.6 is 0 Å². The predicted molar refractivity (Wildman–Crippen MR) is 143 cm³/mol. The summed E-state index contributed by atoms with van der Waals surface area (Å²) in [7, 11) is 1.57. The van der Waals surface area contributed by atoms with Crippen molar-refractivity contribution < 1.29 is 29.3 Å². The summed E-state index contributed by atoms with van der Waals surface area (Å²) >= 11 is 0. The molecule has 2 N–H and O–H groups in total. The van der Waals surface area contributed by atoms with Crippen LogP contribution in [-0.2, 0) is 9.59 Å². The molecule has 2 aliphatic rings. The highest BCUT2D eigenvalue weighted by atomic mass is 16.5. The topological polar surface area (TPSA) is 111 Å². The molecule has 0 radical (unpaired) electrons. The lowest BCUT2D eigenvalue weighted by molar-refractivity contribution is -0.145. The number of para-hydroxylation sites is 1. The molecule has 0 bridgehead atoms. The molecule has 0 amide bonds. The molecular formula is C30H32N2O6. The molecule has 1 unspecified atom stereocenters. The van der Waals surface area contributed by atoms with E-state index in [0.717, 1.165) is 31.4 Å². The number of carboxylic acids is 2. The van der Waals surface area contributed by atoms with Crippen molar-refractivity contribution in [1.82, 2.24) is 9.78 Å². The van der Waals surface area contributed by atoms with Crippen molar-refractivity contribution in [3.8, 4) is 17.2 Å². The Morgan fingerprint density at radius 2 is 1.76 bits per heavy atom. The van der Waals surface area contributed by atoms with Gasteiger partial charge >= 0.3 is 11.9 Å². The maximum absolute atomic E-state index is 11.7. The second kappa shape index (κ2) is 11.8. The Morgan fingerprint density at radius 1 is 1.03 bits per heavy atom. The third kappa shape index (κ3) is 6.32. The summed E-state index contributed by atoms with van der Waals surface area (Å²) in [5.41, 5.74) is 1.16. The molecule has 2 aromatic carbocycles. The quantitative estimate of drug-likeness (QED) is 0.410. The minimum atomic E-state index is -1.27. The van der Waals surface area contributed by atoms with Gasteiger partial charge in [0.1, 0.15) is 0 Å². The minimum absolute atomic E-state index is 0.0528. The number of carbonyl (C=O) groups is 2. The van der Waals surface area contributed by atoms with Gasteiger partial charge in [-0.25, -0.2) is 9.48 Å². The van der Waals surface area contributed by atoms with Crippen molar-refractivity contribution in [3.05, 3.63) is 90.3 Å². The van der Waals surface area contributed by atoms with Gasteiger partial charge < -0.3 is 19.7 Å². The van der Waals surface area contributed by atoms with Crippen molar-refractivity contribution in [2.75, 3.05) is 7.11 Å². The van der Waals surface area contributed by atoms with E-state index in [4.69, 9.17) is 9.47 Å². The number of methoxy groups -OCH3 is 1. The monoisotopic (exact) mass is 516 g/mol. The van der Waals surface area contributed by atoms with Gasteiger partial charge in [-0.2, -0.15) is 5.10 Å². The zero-order chi connectivity index (χ0) is 27.1. The lowest BCUT2D eigenvalue weighted by atomic mass is 9.76. The number of carboxylic acid groups (broad SMARTS) is 2. The molecule has 5 rings (SSSR count). The van der Waals surface area contributed by atoms with Crippen LogP contribution in [0, 0.1) is 5.41 Å². The molecule has 8 heteroatoms. The van der Waals surface area contributed by atoms with Gasteiger partial charge in [0, 0.05) is 18.0 Å². The predicted octanol–water partition coefficient (Wildman–Crippen LogP) is 5.78. The molecule has 3 aromatic rings. The summed E-state index contributed by atoms with van der Waals surface area (Å²) in [6.07, 6.45) is 11.2. The van der Waals surface area contributed by atoms with Gasteiger partial charge in [-0.3, -0.25) is 4.79 Å². The van der Waals surface area contributed by atoms with Crippen LogP contribution in [0.1, 0.15) is 44.6 Å². The Hall–Kier alpha value is -4.33. The Bertz CT molecular complexity index is 1320. The summed E-state index contributed by atoms with van der Waals surface area (Å²) in [6.45, 7) is 1.53. The van der Waals surface area contributed by atoms with Crippen LogP contribution in [-0.4, -0.2) is 45.1 Å². The Morgan fingerprint density at radius 3 is 2.37 bits per heavy atom. The first kappa shape index (κ1) is 26.7. The van der Waals surface area contributed by atoms with Crippen LogP contribution in [0.3, 0.4) is 0 Å². The van der Waals surface area contributed by atoms with E-state index in [0.29, 0.717) is 22.6 Å². The molecule has 8 nitrogen and oxygen atoms in total. The summed E-state index contributed by atoms with van der Waals surface area (Å²) in [5, 5.41) is 23.1. The van der Waals surface area contributed by atoms with Gasteiger partial charge in [-0.05, 0) is 86.6 Å². The Kier molecular flexibility index (Phi) is 8.31. The molecule has 1 fully saturated rings. The van der Waals surface area contributed by atoms with E-state index in [9.17, 15) is 19.8 Å². The van der Waals surface area contributed by atoms with Crippen LogP contribution in [0.25, 0.3) is 11.3 Å².